The van der Waals surface area contributed by atoms with E-state index in [9.17, 15) is 0 Å². The zero-order valence-electron chi connectivity index (χ0n) is 27.5. The molecule has 2 heteroatoms. The summed E-state index contributed by atoms with van der Waals surface area (Å²) in [4.78, 5) is 2.48. The first kappa shape index (κ1) is 29.1. The van der Waals surface area contributed by atoms with Crippen molar-refractivity contribution in [2.75, 3.05) is 4.90 Å². The van der Waals surface area contributed by atoms with E-state index in [0.29, 0.717) is 5.92 Å². The topological polar surface area (TPSA) is 8.17 Å². The molecule has 9 rings (SSSR count). The number of para-hydroxylation sites is 2. The molecule has 1 unspecified atom stereocenters. The lowest BCUT2D eigenvalue weighted by atomic mass is 9.88. The minimum absolute atomic E-state index is 0.328. The fourth-order valence-electron chi connectivity index (χ4n) is 7.57. The monoisotopic (exact) mass is 628 g/mol. The maximum atomic E-state index is 2.48. The van der Waals surface area contributed by atoms with Crippen LogP contribution in [0.25, 0.3) is 55.0 Å². The predicted octanol–water partition coefficient (Wildman–Crippen LogP) is 12.7. The predicted molar refractivity (Wildman–Crippen MR) is 209 cm³/mol. The number of fused-ring (bicyclic) bond motifs is 4. The Bertz CT molecular complexity index is 2520. The van der Waals surface area contributed by atoms with E-state index in [4.69, 9.17) is 0 Å². The van der Waals surface area contributed by atoms with Gasteiger partial charge in [-0.25, -0.2) is 0 Å². The second kappa shape index (κ2) is 12.2. The third-order valence-corrected chi connectivity index (χ3v) is 10.0. The average molecular weight is 629 g/mol. The molecular formula is C47H36N2. The Labute approximate surface area is 287 Å². The lowest BCUT2D eigenvalue weighted by molar-refractivity contribution is 0.672. The SMILES string of the molecule is CC1CC=C(c2cccc3c2c2ccccc2n3-c2ccccc2)C=C1N(c1ccc(-c2ccccc2)cc1)c1ccc2ccccc2c1. The first-order valence-corrected chi connectivity index (χ1v) is 17.2. The number of rotatable bonds is 6. The van der Waals surface area contributed by atoms with Crippen LogP contribution < -0.4 is 4.90 Å². The van der Waals surface area contributed by atoms with E-state index >= 15 is 0 Å². The molecule has 7 aromatic carbocycles. The number of nitrogens with zero attached hydrogens (tertiary/aromatic N) is 2. The third-order valence-electron chi connectivity index (χ3n) is 10.0. The molecule has 0 saturated carbocycles. The zero-order valence-corrected chi connectivity index (χ0v) is 27.5. The normalized spacial score (nSPS) is 14.6. The maximum Gasteiger partial charge on any atom is 0.0547 e. The summed E-state index contributed by atoms with van der Waals surface area (Å²) in [5.41, 5.74) is 12.2. The summed E-state index contributed by atoms with van der Waals surface area (Å²) in [5.74, 6) is 0.328. The van der Waals surface area contributed by atoms with Gasteiger partial charge in [-0.1, -0.05) is 134 Å². The van der Waals surface area contributed by atoms with Crippen LogP contribution in [0.1, 0.15) is 18.9 Å². The zero-order chi connectivity index (χ0) is 32.7. The lowest BCUT2D eigenvalue weighted by Crippen LogP contribution is -2.23. The Hall–Kier alpha value is -6.12. The van der Waals surface area contributed by atoms with Gasteiger partial charge in [-0.15, -0.1) is 0 Å². The molecule has 0 spiro atoms. The molecular weight excluding hydrogens is 593 g/mol. The van der Waals surface area contributed by atoms with Crippen molar-refractivity contribution >= 4 is 49.5 Å². The first-order valence-electron chi connectivity index (χ1n) is 17.2. The molecule has 0 saturated heterocycles. The molecule has 1 aliphatic carbocycles. The standard InChI is InChI=1S/C47H36N2/c1-33-23-24-38(42-20-12-22-45-47(42)43-19-10-11-21-44(43)49(45)39-17-6-3-7-18-39)32-46(33)48(41-30-27-35-15-8-9-16-37(35)31-41)40-28-25-36(26-29-40)34-13-4-2-5-14-34/h2-22,24-33H,23H2,1H3. The third kappa shape index (κ3) is 5.14. The quantitative estimate of drug-likeness (QED) is 0.178. The maximum absolute atomic E-state index is 2.48. The van der Waals surface area contributed by atoms with Crippen LogP contribution in [0, 0.1) is 5.92 Å². The van der Waals surface area contributed by atoms with E-state index in [-0.39, 0.29) is 0 Å². The van der Waals surface area contributed by atoms with Crippen LogP contribution in [0.5, 0.6) is 0 Å². The van der Waals surface area contributed by atoms with E-state index < -0.39 is 0 Å². The van der Waals surface area contributed by atoms with Crippen molar-refractivity contribution in [3.8, 4) is 16.8 Å². The number of hydrogen-bond donors (Lipinski definition) is 0. The molecule has 0 aliphatic heterocycles. The Morgan fingerprint density at radius 2 is 1.20 bits per heavy atom. The van der Waals surface area contributed by atoms with Crippen molar-refractivity contribution in [3.05, 3.63) is 193 Å². The van der Waals surface area contributed by atoms with Crippen LogP contribution in [0.3, 0.4) is 0 Å². The minimum Gasteiger partial charge on any atom is -0.314 e. The van der Waals surface area contributed by atoms with Crippen molar-refractivity contribution in [1.29, 1.82) is 0 Å². The van der Waals surface area contributed by atoms with Crippen molar-refractivity contribution in [2.24, 2.45) is 5.92 Å². The van der Waals surface area contributed by atoms with E-state index in [0.717, 1.165) is 12.1 Å². The molecule has 1 heterocycles. The van der Waals surface area contributed by atoms with Gasteiger partial charge in [-0.3, -0.25) is 0 Å². The molecule has 49 heavy (non-hydrogen) atoms. The summed E-state index contributed by atoms with van der Waals surface area (Å²) in [6.45, 7) is 2.35. The number of hydrogen-bond acceptors (Lipinski definition) is 1. The molecule has 0 N–H and O–H groups in total. The Morgan fingerprint density at radius 1 is 0.551 bits per heavy atom. The van der Waals surface area contributed by atoms with Crippen molar-refractivity contribution < 1.29 is 0 Å². The number of benzene rings is 7. The molecule has 1 atom stereocenters. The largest absolute Gasteiger partial charge is 0.314 e. The van der Waals surface area contributed by atoms with Gasteiger partial charge in [0, 0.05) is 39.4 Å². The van der Waals surface area contributed by atoms with Crippen LogP contribution in [-0.4, -0.2) is 4.57 Å². The lowest BCUT2D eigenvalue weighted by Gasteiger charge is -2.34. The van der Waals surface area contributed by atoms with Gasteiger partial charge in [0.2, 0.25) is 0 Å². The fraction of sp³-hybridized carbons (Fsp3) is 0.0638. The molecule has 234 valence electrons. The molecule has 0 amide bonds. The van der Waals surface area contributed by atoms with E-state index in [1.165, 1.54) is 71.9 Å². The van der Waals surface area contributed by atoms with Gasteiger partial charge in [-0.2, -0.15) is 0 Å². The summed E-state index contributed by atoms with van der Waals surface area (Å²) in [6, 6.07) is 61.5. The van der Waals surface area contributed by atoms with Crippen molar-refractivity contribution in [2.45, 2.75) is 13.3 Å². The van der Waals surface area contributed by atoms with Crippen LogP contribution in [0.4, 0.5) is 11.4 Å². The van der Waals surface area contributed by atoms with Crippen molar-refractivity contribution in [1.82, 2.24) is 4.57 Å². The Morgan fingerprint density at radius 3 is 2.02 bits per heavy atom. The molecule has 0 bridgehead atoms. The van der Waals surface area contributed by atoms with Gasteiger partial charge in [0.15, 0.2) is 0 Å². The molecule has 0 radical (unpaired) electrons. The van der Waals surface area contributed by atoms with E-state index in [1.807, 2.05) is 0 Å². The molecule has 0 fully saturated rings. The second-order valence-corrected chi connectivity index (χ2v) is 13.0. The molecule has 8 aromatic rings. The van der Waals surface area contributed by atoms with Gasteiger partial charge in [0.1, 0.15) is 0 Å². The molecule has 1 aromatic heterocycles. The number of anilines is 2. The van der Waals surface area contributed by atoms with E-state index in [2.05, 4.69) is 198 Å². The highest BCUT2D eigenvalue weighted by Gasteiger charge is 2.25. The first-order chi connectivity index (χ1) is 24.2. The van der Waals surface area contributed by atoms with Crippen LogP contribution in [0.2, 0.25) is 0 Å². The highest BCUT2D eigenvalue weighted by Crippen LogP contribution is 2.43. The highest BCUT2D eigenvalue weighted by molar-refractivity contribution is 6.14. The molecule has 2 nitrogen and oxygen atoms in total. The Balaban J connectivity index is 1.22. The Kier molecular flexibility index (Phi) is 7.21. The van der Waals surface area contributed by atoms with Gasteiger partial charge in [-0.05, 0) is 94.1 Å². The highest BCUT2D eigenvalue weighted by atomic mass is 15.2. The minimum atomic E-state index is 0.328. The summed E-state index contributed by atoms with van der Waals surface area (Å²) in [5, 5.41) is 5.06. The fourth-order valence-corrected chi connectivity index (χ4v) is 7.57. The van der Waals surface area contributed by atoms with Gasteiger partial charge in [0.05, 0.1) is 11.0 Å². The van der Waals surface area contributed by atoms with Crippen LogP contribution in [0.15, 0.2) is 188 Å². The number of allylic oxidation sites excluding steroid dienone is 4. The summed E-state index contributed by atoms with van der Waals surface area (Å²) in [7, 11) is 0. The van der Waals surface area contributed by atoms with Crippen LogP contribution in [-0.2, 0) is 0 Å². The summed E-state index contributed by atoms with van der Waals surface area (Å²) >= 11 is 0. The van der Waals surface area contributed by atoms with Crippen LogP contribution >= 0.6 is 0 Å². The average Bonchev–Trinajstić information content (AvgIpc) is 3.51. The summed E-state index contributed by atoms with van der Waals surface area (Å²) < 4.78 is 2.40. The second-order valence-electron chi connectivity index (χ2n) is 13.0. The van der Waals surface area contributed by atoms with Gasteiger partial charge in [0.25, 0.3) is 0 Å². The van der Waals surface area contributed by atoms with Crippen molar-refractivity contribution in [3.63, 3.8) is 0 Å². The van der Waals surface area contributed by atoms with Gasteiger partial charge < -0.3 is 9.47 Å². The smallest absolute Gasteiger partial charge is 0.0547 e. The number of aromatic nitrogens is 1. The molecule has 1 aliphatic rings. The van der Waals surface area contributed by atoms with Gasteiger partial charge >= 0.3 is 0 Å². The summed E-state index contributed by atoms with van der Waals surface area (Å²) in [6.07, 6.45) is 5.84. The van der Waals surface area contributed by atoms with E-state index in [1.54, 1.807) is 0 Å².